The summed E-state index contributed by atoms with van der Waals surface area (Å²) >= 11 is 0. The Morgan fingerprint density at radius 1 is 1.50 bits per heavy atom. The first-order valence-electron chi connectivity index (χ1n) is 5.29. The lowest BCUT2D eigenvalue weighted by Crippen LogP contribution is -2.58. The molecule has 0 radical (unpaired) electrons. The maximum Gasteiger partial charge on any atom is 0.408 e. The molecule has 2 N–H and O–H groups in total. The van der Waals surface area contributed by atoms with Gasteiger partial charge in [-0.25, -0.2) is 13.6 Å². The molecule has 1 unspecified atom stereocenters. The number of ether oxygens (including phenoxy) is 1. The van der Waals surface area contributed by atoms with Gasteiger partial charge in [0.25, 0.3) is 5.92 Å². The normalized spacial score (nSPS) is 24.9. The summed E-state index contributed by atoms with van der Waals surface area (Å²) in [6.07, 6.45) is -1.08. The minimum atomic E-state index is -2.87. The monoisotopic (exact) mass is 236 g/mol. The Balaban J connectivity index is 2.49. The number of hydrogen-bond donors (Lipinski definition) is 2. The number of piperidine rings is 1. The molecule has 0 bridgehead atoms. The standard InChI is InChI=1S/C10H18F2N2O2/c1-9(2,3)16-8(15)14-7-6-13-5-4-10(7,11)12/h7,13H,4-6H2,1-3H3,(H,14,15). The van der Waals surface area contributed by atoms with Crippen molar-refractivity contribution in [3.05, 3.63) is 0 Å². The van der Waals surface area contributed by atoms with Crippen LogP contribution in [-0.4, -0.2) is 36.7 Å². The minimum absolute atomic E-state index is 0.0617. The molecule has 94 valence electrons. The molecule has 1 amide bonds. The number of amides is 1. The molecule has 0 aromatic carbocycles. The van der Waals surface area contributed by atoms with Crippen LogP contribution in [0.5, 0.6) is 0 Å². The maximum absolute atomic E-state index is 13.4. The lowest BCUT2D eigenvalue weighted by Gasteiger charge is -2.32. The molecule has 16 heavy (non-hydrogen) atoms. The Morgan fingerprint density at radius 2 is 2.12 bits per heavy atom. The smallest absolute Gasteiger partial charge is 0.408 e. The van der Waals surface area contributed by atoms with Crippen LogP contribution in [0.25, 0.3) is 0 Å². The van der Waals surface area contributed by atoms with Crippen molar-refractivity contribution in [2.24, 2.45) is 0 Å². The molecule has 4 nitrogen and oxygen atoms in total. The lowest BCUT2D eigenvalue weighted by molar-refractivity contribution is -0.0587. The quantitative estimate of drug-likeness (QED) is 0.725. The van der Waals surface area contributed by atoms with Crippen molar-refractivity contribution >= 4 is 6.09 Å². The molecule has 0 aromatic heterocycles. The molecule has 1 rings (SSSR count). The van der Waals surface area contributed by atoms with E-state index < -0.39 is 23.7 Å². The lowest BCUT2D eigenvalue weighted by atomic mass is 10.0. The maximum atomic E-state index is 13.4. The van der Waals surface area contributed by atoms with E-state index in [2.05, 4.69) is 10.6 Å². The molecule has 1 fully saturated rings. The third-order valence-electron chi connectivity index (χ3n) is 2.18. The Hall–Kier alpha value is -0.910. The summed E-state index contributed by atoms with van der Waals surface area (Å²) in [4.78, 5) is 11.3. The predicted octanol–water partition coefficient (Wildman–Crippen LogP) is 1.51. The van der Waals surface area contributed by atoms with E-state index in [0.29, 0.717) is 0 Å². The van der Waals surface area contributed by atoms with Crippen LogP contribution in [0.1, 0.15) is 27.2 Å². The number of alkyl carbamates (subject to hydrolysis) is 1. The Bertz CT molecular complexity index is 264. The molecular weight excluding hydrogens is 218 g/mol. The van der Waals surface area contributed by atoms with Crippen molar-refractivity contribution in [3.8, 4) is 0 Å². The summed E-state index contributed by atoms with van der Waals surface area (Å²) in [6, 6.07) is -1.20. The number of hydrogen-bond acceptors (Lipinski definition) is 3. The van der Waals surface area contributed by atoms with Gasteiger partial charge in [0.05, 0.1) is 0 Å². The van der Waals surface area contributed by atoms with Gasteiger partial charge >= 0.3 is 6.09 Å². The average molecular weight is 236 g/mol. The fourth-order valence-corrected chi connectivity index (χ4v) is 1.43. The number of carbonyl (C=O) groups excluding carboxylic acids is 1. The second-order valence-corrected chi connectivity index (χ2v) is 4.91. The van der Waals surface area contributed by atoms with Crippen LogP contribution in [0.2, 0.25) is 0 Å². The Kier molecular flexibility index (Phi) is 3.72. The molecule has 6 heteroatoms. The number of carbonyl (C=O) groups is 1. The van der Waals surface area contributed by atoms with Gasteiger partial charge in [-0.15, -0.1) is 0 Å². The highest BCUT2D eigenvalue weighted by Gasteiger charge is 2.42. The van der Waals surface area contributed by atoms with Gasteiger partial charge in [0.2, 0.25) is 0 Å². The predicted molar refractivity (Wildman–Crippen MR) is 55.6 cm³/mol. The van der Waals surface area contributed by atoms with Crippen molar-refractivity contribution in [3.63, 3.8) is 0 Å². The van der Waals surface area contributed by atoms with E-state index in [0.717, 1.165) is 0 Å². The zero-order chi connectivity index (χ0) is 12.4. The zero-order valence-electron chi connectivity index (χ0n) is 9.77. The molecule has 1 aliphatic rings. The van der Waals surface area contributed by atoms with Crippen LogP contribution in [0.15, 0.2) is 0 Å². The van der Waals surface area contributed by atoms with E-state index in [1.165, 1.54) is 0 Å². The van der Waals surface area contributed by atoms with E-state index in [4.69, 9.17) is 4.74 Å². The first-order chi connectivity index (χ1) is 7.21. The van der Waals surface area contributed by atoms with Gasteiger partial charge in [0, 0.05) is 19.5 Å². The molecule has 1 saturated heterocycles. The number of nitrogens with one attached hydrogen (secondary N) is 2. The second kappa shape index (κ2) is 4.53. The Morgan fingerprint density at radius 3 is 2.62 bits per heavy atom. The molecule has 0 saturated carbocycles. The molecule has 0 aliphatic carbocycles. The van der Waals surface area contributed by atoms with E-state index >= 15 is 0 Å². The first-order valence-corrected chi connectivity index (χ1v) is 5.29. The third-order valence-corrected chi connectivity index (χ3v) is 2.18. The van der Waals surface area contributed by atoms with Crippen LogP contribution in [0, 0.1) is 0 Å². The summed E-state index contributed by atoms with van der Waals surface area (Å²) in [5.74, 6) is -2.87. The Labute approximate surface area is 93.7 Å². The molecule has 1 heterocycles. The first kappa shape index (κ1) is 13.2. The van der Waals surface area contributed by atoms with Crippen LogP contribution < -0.4 is 10.6 Å². The van der Waals surface area contributed by atoms with Gasteiger partial charge in [-0.3, -0.25) is 0 Å². The van der Waals surface area contributed by atoms with Crippen molar-refractivity contribution < 1.29 is 18.3 Å². The second-order valence-electron chi connectivity index (χ2n) is 4.91. The van der Waals surface area contributed by atoms with Gasteiger partial charge in [0.1, 0.15) is 11.6 Å². The fraction of sp³-hybridized carbons (Fsp3) is 0.900. The molecule has 0 spiro atoms. The zero-order valence-corrected chi connectivity index (χ0v) is 9.77. The van der Waals surface area contributed by atoms with Gasteiger partial charge in [-0.2, -0.15) is 0 Å². The summed E-state index contributed by atoms with van der Waals surface area (Å²) in [5.41, 5.74) is -0.679. The summed E-state index contributed by atoms with van der Waals surface area (Å²) in [6.45, 7) is 5.38. The van der Waals surface area contributed by atoms with Gasteiger partial charge in [-0.05, 0) is 20.8 Å². The number of halogens is 2. The highest BCUT2D eigenvalue weighted by molar-refractivity contribution is 5.68. The largest absolute Gasteiger partial charge is 0.444 e. The minimum Gasteiger partial charge on any atom is -0.444 e. The van der Waals surface area contributed by atoms with Crippen LogP contribution in [-0.2, 0) is 4.74 Å². The van der Waals surface area contributed by atoms with Crippen LogP contribution in [0.4, 0.5) is 13.6 Å². The summed E-state index contributed by atoms with van der Waals surface area (Å²) in [5, 5.41) is 5.00. The molecule has 1 atom stereocenters. The van der Waals surface area contributed by atoms with E-state index in [-0.39, 0.29) is 19.5 Å². The third kappa shape index (κ3) is 3.92. The van der Waals surface area contributed by atoms with E-state index in [9.17, 15) is 13.6 Å². The fourth-order valence-electron chi connectivity index (χ4n) is 1.43. The van der Waals surface area contributed by atoms with Gasteiger partial charge < -0.3 is 15.4 Å². The number of rotatable bonds is 1. The van der Waals surface area contributed by atoms with E-state index in [1.54, 1.807) is 20.8 Å². The molecule has 1 aliphatic heterocycles. The van der Waals surface area contributed by atoms with Crippen LogP contribution >= 0.6 is 0 Å². The summed E-state index contributed by atoms with van der Waals surface area (Å²) in [7, 11) is 0. The van der Waals surface area contributed by atoms with E-state index in [1.807, 2.05) is 0 Å². The van der Waals surface area contributed by atoms with Crippen molar-refractivity contribution in [1.82, 2.24) is 10.6 Å². The average Bonchev–Trinajstić information content (AvgIpc) is 2.05. The van der Waals surface area contributed by atoms with Crippen molar-refractivity contribution in [2.45, 2.75) is 44.8 Å². The number of alkyl halides is 2. The van der Waals surface area contributed by atoms with Crippen molar-refractivity contribution in [2.75, 3.05) is 13.1 Å². The topological polar surface area (TPSA) is 50.4 Å². The highest BCUT2D eigenvalue weighted by atomic mass is 19.3. The van der Waals surface area contributed by atoms with Gasteiger partial charge in [0.15, 0.2) is 0 Å². The van der Waals surface area contributed by atoms with Gasteiger partial charge in [-0.1, -0.05) is 0 Å². The molecular formula is C10H18F2N2O2. The van der Waals surface area contributed by atoms with Crippen molar-refractivity contribution in [1.29, 1.82) is 0 Å². The SMILES string of the molecule is CC(C)(C)OC(=O)NC1CNCCC1(F)F. The summed E-state index contributed by atoms with van der Waals surface area (Å²) < 4.78 is 31.6. The highest BCUT2D eigenvalue weighted by Crippen LogP contribution is 2.25. The molecule has 0 aromatic rings. The van der Waals surface area contributed by atoms with Crippen LogP contribution in [0.3, 0.4) is 0 Å².